The van der Waals surface area contributed by atoms with E-state index >= 15 is 0 Å². The Morgan fingerprint density at radius 1 is 1.05 bits per heavy atom. The Balaban J connectivity index is 1.77. The van der Waals surface area contributed by atoms with Gasteiger partial charge in [0.15, 0.2) is 23.8 Å². The monoisotopic (exact) mass is 261 g/mol. The van der Waals surface area contributed by atoms with Crippen LogP contribution in [0, 0.1) is 5.21 Å². The number of nitrogens with zero attached hydrogens (tertiary/aromatic N) is 1. The van der Waals surface area contributed by atoms with E-state index in [1.165, 1.54) is 19.3 Å². The van der Waals surface area contributed by atoms with Crippen molar-refractivity contribution < 1.29 is 14.2 Å². The molecule has 3 rings (SSSR count). The molecule has 4 heteroatoms. The summed E-state index contributed by atoms with van der Waals surface area (Å²) in [6.45, 7) is 1.16. The molecule has 1 aromatic carbocycles. The molecular formula is C15H19NO3. The van der Waals surface area contributed by atoms with Crippen molar-refractivity contribution in [1.29, 1.82) is 0 Å². The summed E-state index contributed by atoms with van der Waals surface area (Å²) in [6.07, 6.45) is 7.27. The molecule has 102 valence electrons. The van der Waals surface area contributed by atoms with Gasteiger partial charge in [0, 0.05) is 18.4 Å². The van der Waals surface area contributed by atoms with E-state index in [0.717, 1.165) is 34.6 Å². The van der Waals surface area contributed by atoms with Crippen molar-refractivity contribution in [2.45, 2.75) is 38.1 Å². The van der Waals surface area contributed by atoms with Crippen molar-refractivity contribution >= 4 is 6.21 Å². The molecule has 1 aliphatic heterocycles. The molecule has 0 N–H and O–H groups in total. The molecule has 1 saturated carbocycles. The van der Waals surface area contributed by atoms with Gasteiger partial charge in [-0.25, -0.2) is 4.74 Å². The van der Waals surface area contributed by atoms with Crippen LogP contribution >= 0.6 is 0 Å². The normalized spacial score (nSPS) is 20.3. The van der Waals surface area contributed by atoms with Crippen LogP contribution in [0.15, 0.2) is 18.2 Å². The van der Waals surface area contributed by atoms with Crippen LogP contribution in [0.4, 0.5) is 0 Å². The molecule has 1 aromatic rings. The van der Waals surface area contributed by atoms with Crippen LogP contribution in [-0.4, -0.2) is 30.2 Å². The summed E-state index contributed by atoms with van der Waals surface area (Å²) in [5.41, 5.74) is 0.879. The van der Waals surface area contributed by atoms with Gasteiger partial charge in [0.2, 0.25) is 0 Å². The Labute approximate surface area is 113 Å². The quantitative estimate of drug-likeness (QED) is 0.356. The lowest BCUT2D eigenvalue weighted by Gasteiger charge is -2.21. The third kappa shape index (κ3) is 2.83. The first kappa shape index (κ1) is 12.3. The Bertz CT molecular complexity index is 478. The number of benzene rings is 1. The van der Waals surface area contributed by atoms with E-state index in [9.17, 15) is 5.21 Å². The molecule has 1 aliphatic carbocycles. The summed E-state index contributed by atoms with van der Waals surface area (Å²) in [7, 11) is 0. The lowest BCUT2D eigenvalue weighted by molar-refractivity contribution is -0.500. The molecule has 0 amide bonds. The standard InChI is InChI=1S/C15H19NO3/c17-16(13-4-2-1-3-5-13)11-12-6-7-14-15(10-12)19-9-8-18-14/h6-7,10-11,13H,1-5,8-9H2/b16-11-. The maximum atomic E-state index is 12.1. The molecule has 0 radical (unpaired) electrons. The number of hydroxylamine groups is 1. The van der Waals surface area contributed by atoms with Crippen molar-refractivity contribution in [1.82, 2.24) is 0 Å². The van der Waals surface area contributed by atoms with Crippen LogP contribution < -0.4 is 9.47 Å². The van der Waals surface area contributed by atoms with Gasteiger partial charge in [0.1, 0.15) is 13.2 Å². The van der Waals surface area contributed by atoms with Crippen LogP contribution in [0.5, 0.6) is 11.5 Å². The lowest BCUT2D eigenvalue weighted by Crippen LogP contribution is -2.25. The van der Waals surface area contributed by atoms with Crippen LogP contribution in [-0.2, 0) is 0 Å². The molecule has 4 nitrogen and oxygen atoms in total. The van der Waals surface area contributed by atoms with E-state index in [4.69, 9.17) is 9.47 Å². The molecule has 0 unspecified atom stereocenters. The van der Waals surface area contributed by atoms with Gasteiger partial charge in [-0.05, 0) is 31.0 Å². The molecule has 19 heavy (non-hydrogen) atoms. The average Bonchev–Trinajstić information content (AvgIpc) is 2.48. The zero-order valence-electron chi connectivity index (χ0n) is 11.0. The van der Waals surface area contributed by atoms with E-state index in [1.807, 2.05) is 18.2 Å². The van der Waals surface area contributed by atoms with Gasteiger partial charge in [-0.15, -0.1) is 0 Å². The molecule has 2 aliphatic rings. The second-order valence-electron chi connectivity index (χ2n) is 5.18. The van der Waals surface area contributed by atoms with Crippen LogP contribution in [0.1, 0.15) is 37.7 Å². The van der Waals surface area contributed by atoms with Crippen molar-refractivity contribution in [2.24, 2.45) is 0 Å². The van der Waals surface area contributed by atoms with Crippen LogP contribution in [0.3, 0.4) is 0 Å². The SMILES string of the molecule is [O-]/[N+](=C\c1ccc2c(c1)OCCO2)C1CCCCC1. The molecule has 1 fully saturated rings. The van der Waals surface area contributed by atoms with Gasteiger partial charge in [-0.2, -0.15) is 0 Å². The molecular weight excluding hydrogens is 242 g/mol. The van der Waals surface area contributed by atoms with E-state index in [0.29, 0.717) is 13.2 Å². The highest BCUT2D eigenvalue weighted by atomic mass is 16.6. The topological polar surface area (TPSA) is 44.5 Å². The Kier molecular flexibility index (Phi) is 3.58. The zero-order valence-corrected chi connectivity index (χ0v) is 11.0. The van der Waals surface area contributed by atoms with Gasteiger partial charge in [0.25, 0.3) is 0 Å². The lowest BCUT2D eigenvalue weighted by atomic mass is 9.96. The summed E-state index contributed by atoms with van der Waals surface area (Å²) >= 11 is 0. The number of ether oxygens (including phenoxy) is 2. The van der Waals surface area contributed by atoms with Gasteiger partial charge in [0.05, 0.1) is 0 Å². The Morgan fingerprint density at radius 3 is 2.58 bits per heavy atom. The van der Waals surface area contributed by atoms with Crippen LogP contribution in [0.25, 0.3) is 0 Å². The number of fused-ring (bicyclic) bond motifs is 1. The van der Waals surface area contributed by atoms with Crippen molar-refractivity contribution in [3.8, 4) is 11.5 Å². The first-order valence-electron chi connectivity index (χ1n) is 7.03. The highest BCUT2D eigenvalue weighted by Crippen LogP contribution is 2.30. The van der Waals surface area contributed by atoms with E-state index in [2.05, 4.69) is 0 Å². The fraction of sp³-hybridized carbons (Fsp3) is 0.533. The summed E-state index contributed by atoms with van der Waals surface area (Å²) < 4.78 is 12.1. The number of hydrogen-bond acceptors (Lipinski definition) is 3. The molecule has 0 saturated heterocycles. The maximum Gasteiger partial charge on any atom is 0.182 e. The maximum absolute atomic E-state index is 12.1. The Morgan fingerprint density at radius 2 is 1.79 bits per heavy atom. The second-order valence-corrected chi connectivity index (χ2v) is 5.18. The van der Waals surface area contributed by atoms with Gasteiger partial charge >= 0.3 is 0 Å². The number of hydrogen-bond donors (Lipinski definition) is 0. The number of rotatable bonds is 2. The van der Waals surface area contributed by atoms with Crippen molar-refractivity contribution in [3.63, 3.8) is 0 Å². The largest absolute Gasteiger partial charge is 0.624 e. The summed E-state index contributed by atoms with van der Waals surface area (Å²) in [5, 5.41) is 12.1. The molecule has 1 heterocycles. The minimum atomic E-state index is 0.141. The van der Waals surface area contributed by atoms with Gasteiger partial charge in [-0.1, -0.05) is 6.42 Å². The summed E-state index contributed by atoms with van der Waals surface area (Å²) in [4.78, 5) is 0. The molecule has 0 atom stereocenters. The van der Waals surface area contributed by atoms with E-state index < -0.39 is 0 Å². The minimum Gasteiger partial charge on any atom is -0.624 e. The van der Waals surface area contributed by atoms with Gasteiger partial charge < -0.3 is 14.7 Å². The van der Waals surface area contributed by atoms with E-state index in [1.54, 1.807) is 6.21 Å². The van der Waals surface area contributed by atoms with E-state index in [-0.39, 0.29) is 6.04 Å². The molecule has 0 aromatic heterocycles. The van der Waals surface area contributed by atoms with Crippen LogP contribution in [0.2, 0.25) is 0 Å². The minimum absolute atomic E-state index is 0.141. The van der Waals surface area contributed by atoms with Gasteiger partial charge in [-0.3, -0.25) is 0 Å². The summed E-state index contributed by atoms with van der Waals surface area (Å²) in [5.74, 6) is 1.50. The molecule has 0 spiro atoms. The zero-order chi connectivity index (χ0) is 13.1. The first-order valence-corrected chi connectivity index (χ1v) is 7.03. The summed E-state index contributed by atoms with van der Waals surface area (Å²) in [6, 6.07) is 5.79. The fourth-order valence-electron chi connectivity index (χ4n) is 2.73. The predicted molar refractivity (Wildman–Crippen MR) is 73.1 cm³/mol. The predicted octanol–water partition coefficient (Wildman–Crippen LogP) is 2.72. The fourth-order valence-corrected chi connectivity index (χ4v) is 2.73. The highest BCUT2D eigenvalue weighted by molar-refractivity contribution is 5.77. The third-order valence-electron chi connectivity index (χ3n) is 3.78. The van der Waals surface area contributed by atoms with Crippen molar-refractivity contribution in [3.05, 3.63) is 29.0 Å². The second kappa shape index (κ2) is 5.51. The third-order valence-corrected chi connectivity index (χ3v) is 3.78. The van der Waals surface area contributed by atoms with Crippen molar-refractivity contribution in [2.75, 3.05) is 13.2 Å². The average molecular weight is 261 g/mol. The highest BCUT2D eigenvalue weighted by Gasteiger charge is 2.20. The Hall–Kier alpha value is -1.71. The smallest absolute Gasteiger partial charge is 0.182 e. The molecule has 0 bridgehead atoms. The first-order chi connectivity index (χ1) is 9.33.